The van der Waals surface area contributed by atoms with Crippen LogP contribution in [0.15, 0.2) is 102 Å². The van der Waals surface area contributed by atoms with Crippen molar-refractivity contribution in [3.8, 4) is 22.3 Å². The van der Waals surface area contributed by atoms with Crippen LogP contribution in [0.2, 0.25) is 0 Å². The van der Waals surface area contributed by atoms with Gasteiger partial charge in [-0.15, -0.1) is 0 Å². The minimum atomic E-state index is 0.269. The Kier molecular flexibility index (Phi) is 3.76. The molecule has 0 nitrogen and oxygen atoms in total. The Labute approximate surface area is 162 Å². The number of halogens is 1. The van der Waals surface area contributed by atoms with E-state index < -0.39 is 0 Å². The lowest BCUT2D eigenvalue weighted by molar-refractivity contribution is 1.02. The first kappa shape index (κ1) is 15.6. The van der Waals surface area contributed by atoms with E-state index in [-0.39, 0.29) is 5.92 Å². The fourth-order valence-electron chi connectivity index (χ4n) is 4.13. The molecule has 1 atom stereocenters. The third kappa shape index (κ3) is 2.43. The predicted octanol–water partition coefficient (Wildman–Crippen LogP) is 7.28. The first-order valence-corrected chi connectivity index (χ1v) is 9.65. The molecular weight excluding hydrogens is 380 g/mol. The first-order valence-electron chi connectivity index (χ1n) is 8.86. The molecule has 0 aliphatic heterocycles. The standard InChI is InChI=1S/C25H17Br/c26-19-15-13-18(14-16-19)24-22-10-5-4-9-21(22)23-12-6-11-20(25(23)24)17-7-2-1-3-8-17/h1-16,24H. The van der Waals surface area contributed by atoms with E-state index in [0.29, 0.717) is 0 Å². The van der Waals surface area contributed by atoms with Crippen molar-refractivity contribution in [3.63, 3.8) is 0 Å². The maximum absolute atomic E-state index is 3.57. The van der Waals surface area contributed by atoms with Crippen LogP contribution in [0.5, 0.6) is 0 Å². The van der Waals surface area contributed by atoms with Gasteiger partial charge in [0.1, 0.15) is 0 Å². The van der Waals surface area contributed by atoms with Gasteiger partial charge in [-0.25, -0.2) is 0 Å². The van der Waals surface area contributed by atoms with Gasteiger partial charge in [0.2, 0.25) is 0 Å². The van der Waals surface area contributed by atoms with E-state index in [0.717, 1.165) is 4.47 Å². The highest BCUT2D eigenvalue weighted by Gasteiger charge is 2.31. The molecule has 0 saturated heterocycles. The Hall–Kier alpha value is -2.64. The molecule has 0 spiro atoms. The van der Waals surface area contributed by atoms with Crippen LogP contribution in [0.4, 0.5) is 0 Å². The van der Waals surface area contributed by atoms with Gasteiger partial charge in [-0.3, -0.25) is 0 Å². The van der Waals surface area contributed by atoms with E-state index in [9.17, 15) is 0 Å². The maximum Gasteiger partial charge on any atom is 0.0358 e. The second-order valence-corrected chi connectivity index (χ2v) is 7.62. The monoisotopic (exact) mass is 396 g/mol. The summed E-state index contributed by atoms with van der Waals surface area (Å²) in [5, 5.41) is 0. The van der Waals surface area contributed by atoms with E-state index in [2.05, 4.69) is 113 Å². The summed E-state index contributed by atoms with van der Waals surface area (Å²) in [5.41, 5.74) is 9.47. The summed E-state index contributed by atoms with van der Waals surface area (Å²) in [4.78, 5) is 0. The van der Waals surface area contributed by atoms with Gasteiger partial charge in [-0.1, -0.05) is 101 Å². The Balaban J connectivity index is 1.81. The van der Waals surface area contributed by atoms with Gasteiger partial charge in [-0.05, 0) is 51.1 Å². The summed E-state index contributed by atoms with van der Waals surface area (Å²) < 4.78 is 1.11. The van der Waals surface area contributed by atoms with Crippen molar-refractivity contribution >= 4 is 15.9 Å². The van der Waals surface area contributed by atoms with E-state index in [1.165, 1.54) is 38.9 Å². The number of rotatable bonds is 2. The van der Waals surface area contributed by atoms with Gasteiger partial charge >= 0.3 is 0 Å². The summed E-state index contributed by atoms with van der Waals surface area (Å²) in [6, 6.07) is 35.0. The Morgan fingerprint density at radius 3 is 2.00 bits per heavy atom. The zero-order valence-corrected chi connectivity index (χ0v) is 15.8. The highest BCUT2D eigenvalue weighted by Crippen LogP contribution is 2.51. The molecular formula is C25H17Br. The van der Waals surface area contributed by atoms with Crippen LogP contribution in [0, 0.1) is 0 Å². The fraction of sp³-hybridized carbons (Fsp3) is 0.0400. The van der Waals surface area contributed by atoms with Crippen LogP contribution in [-0.4, -0.2) is 0 Å². The molecule has 124 valence electrons. The lowest BCUT2D eigenvalue weighted by atomic mass is 9.85. The molecule has 1 heteroatoms. The second-order valence-electron chi connectivity index (χ2n) is 6.70. The average molecular weight is 397 g/mol. The highest BCUT2D eigenvalue weighted by atomic mass is 79.9. The molecule has 4 aromatic rings. The van der Waals surface area contributed by atoms with E-state index in [4.69, 9.17) is 0 Å². The van der Waals surface area contributed by atoms with E-state index >= 15 is 0 Å². The van der Waals surface area contributed by atoms with Crippen LogP contribution >= 0.6 is 15.9 Å². The molecule has 0 bridgehead atoms. The van der Waals surface area contributed by atoms with Crippen LogP contribution in [0.3, 0.4) is 0 Å². The van der Waals surface area contributed by atoms with Crippen molar-refractivity contribution in [2.75, 3.05) is 0 Å². The van der Waals surface area contributed by atoms with Gasteiger partial charge in [0.05, 0.1) is 0 Å². The summed E-state index contributed by atoms with van der Waals surface area (Å²) in [7, 11) is 0. The van der Waals surface area contributed by atoms with Gasteiger partial charge < -0.3 is 0 Å². The van der Waals surface area contributed by atoms with Crippen LogP contribution in [0.25, 0.3) is 22.3 Å². The zero-order valence-electron chi connectivity index (χ0n) is 14.2. The molecule has 0 saturated carbocycles. The summed E-state index contributed by atoms with van der Waals surface area (Å²) in [6.45, 7) is 0. The third-order valence-corrected chi connectivity index (χ3v) is 5.77. The van der Waals surface area contributed by atoms with Crippen molar-refractivity contribution in [2.45, 2.75) is 5.92 Å². The van der Waals surface area contributed by atoms with Gasteiger partial charge in [0.15, 0.2) is 0 Å². The smallest absolute Gasteiger partial charge is 0.0358 e. The van der Waals surface area contributed by atoms with Crippen LogP contribution in [-0.2, 0) is 0 Å². The molecule has 0 fully saturated rings. The molecule has 1 aliphatic carbocycles. The molecule has 26 heavy (non-hydrogen) atoms. The molecule has 4 aromatic carbocycles. The molecule has 0 heterocycles. The zero-order chi connectivity index (χ0) is 17.5. The van der Waals surface area contributed by atoms with Crippen molar-refractivity contribution in [1.82, 2.24) is 0 Å². The highest BCUT2D eigenvalue weighted by molar-refractivity contribution is 9.10. The molecule has 0 radical (unpaired) electrons. The lowest BCUT2D eigenvalue weighted by Crippen LogP contribution is -2.01. The Morgan fingerprint density at radius 1 is 0.538 bits per heavy atom. The summed E-state index contributed by atoms with van der Waals surface area (Å²) in [6.07, 6.45) is 0. The summed E-state index contributed by atoms with van der Waals surface area (Å²) in [5.74, 6) is 0.269. The molecule has 1 aliphatic rings. The largest absolute Gasteiger partial charge is 0.0622 e. The van der Waals surface area contributed by atoms with E-state index in [1.807, 2.05) is 0 Å². The summed E-state index contributed by atoms with van der Waals surface area (Å²) >= 11 is 3.57. The van der Waals surface area contributed by atoms with Crippen molar-refractivity contribution in [3.05, 3.63) is 118 Å². The molecule has 0 N–H and O–H groups in total. The van der Waals surface area contributed by atoms with E-state index in [1.54, 1.807) is 0 Å². The normalized spacial score (nSPS) is 14.7. The lowest BCUT2D eigenvalue weighted by Gasteiger charge is -2.18. The second kappa shape index (κ2) is 6.26. The topological polar surface area (TPSA) is 0 Å². The van der Waals surface area contributed by atoms with Crippen molar-refractivity contribution in [2.24, 2.45) is 0 Å². The fourth-order valence-corrected chi connectivity index (χ4v) is 4.40. The van der Waals surface area contributed by atoms with Gasteiger partial charge in [-0.2, -0.15) is 0 Å². The van der Waals surface area contributed by atoms with Gasteiger partial charge in [0.25, 0.3) is 0 Å². The van der Waals surface area contributed by atoms with Crippen molar-refractivity contribution in [1.29, 1.82) is 0 Å². The van der Waals surface area contributed by atoms with Crippen LogP contribution in [0.1, 0.15) is 22.6 Å². The minimum absolute atomic E-state index is 0.269. The number of benzene rings is 4. The SMILES string of the molecule is Brc1ccc(C2c3ccccc3-c3cccc(-c4ccccc4)c32)cc1. The van der Waals surface area contributed by atoms with Crippen LogP contribution < -0.4 is 0 Å². The number of hydrogen-bond acceptors (Lipinski definition) is 0. The molecule has 1 unspecified atom stereocenters. The molecule has 0 amide bonds. The first-order chi connectivity index (χ1) is 12.8. The minimum Gasteiger partial charge on any atom is -0.0622 e. The quantitative estimate of drug-likeness (QED) is 0.294. The Morgan fingerprint density at radius 2 is 1.19 bits per heavy atom. The number of fused-ring (bicyclic) bond motifs is 3. The van der Waals surface area contributed by atoms with Gasteiger partial charge in [0, 0.05) is 10.4 Å². The molecule has 0 aromatic heterocycles. The predicted molar refractivity (Wildman–Crippen MR) is 112 cm³/mol. The third-order valence-electron chi connectivity index (χ3n) is 5.24. The number of hydrogen-bond donors (Lipinski definition) is 0. The average Bonchev–Trinajstić information content (AvgIpc) is 3.04. The van der Waals surface area contributed by atoms with Crippen molar-refractivity contribution < 1.29 is 0 Å². The Bertz CT molecular complexity index is 1080. The maximum atomic E-state index is 3.57. The molecule has 5 rings (SSSR count).